The minimum atomic E-state index is 0.0678. The van der Waals surface area contributed by atoms with E-state index in [-0.39, 0.29) is 11.8 Å². The summed E-state index contributed by atoms with van der Waals surface area (Å²) in [5.74, 6) is 0.162. The van der Waals surface area contributed by atoms with Crippen molar-refractivity contribution in [2.45, 2.75) is 39.2 Å². The predicted octanol–water partition coefficient (Wildman–Crippen LogP) is 1.22. The zero-order chi connectivity index (χ0) is 19.9. The maximum Gasteiger partial charge on any atom is 0.222 e. The lowest BCUT2D eigenvalue weighted by molar-refractivity contribution is -0.124. The molecule has 0 radical (unpaired) electrons. The van der Waals surface area contributed by atoms with E-state index in [1.165, 1.54) is 12.8 Å². The molecule has 1 saturated heterocycles. The normalized spacial score (nSPS) is 17.4. The summed E-state index contributed by atoms with van der Waals surface area (Å²) in [5, 5.41) is 2.86. The molecule has 1 atom stereocenters. The number of ether oxygens (including phenoxy) is 3. The fraction of sp³-hybridized carbons (Fsp3) is 0.950. The van der Waals surface area contributed by atoms with Crippen LogP contribution in [0.3, 0.4) is 0 Å². The van der Waals surface area contributed by atoms with E-state index < -0.39 is 0 Å². The number of rotatable bonds is 15. The highest BCUT2D eigenvalue weighted by Gasteiger charge is 2.19. The number of hydrogen-bond acceptors (Lipinski definition) is 6. The third-order valence-corrected chi connectivity index (χ3v) is 5.19. The second-order valence-electron chi connectivity index (χ2n) is 7.47. The average molecular weight is 388 g/mol. The summed E-state index contributed by atoms with van der Waals surface area (Å²) in [6.45, 7) is 11.4. The molecule has 0 aromatic heterocycles. The van der Waals surface area contributed by atoms with Crippen molar-refractivity contribution < 1.29 is 19.0 Å². The summed E-state index contributed by atoms with van der Waals surface area (Å²) in [4.78, 5) is 16.4. The van der Waals surface area contributed by atoms with Crippen molar-refractivity contribution in [3.05, 3.63) is 0 Å². The second-order valence-corrected chi connectivity index (χ2v) is 7.47. The molecule has 0 saturated carbocycles. The SMILES string of the molecule is CCC(C)C(=O)NCCOCCOCCOCCN1CCC(N(C)C)CC1. The van der Waals surface area contributed by atoms with E-state index in [1.54, 1.807) is 0 Å². The highest BCUT2D eigenvalue weighted by Crippen LogP contribution is 2.13. The van der Waals surface area contributed by atoms with Crippen molar-refractivity contribution >= 4 is 5.91 Å². The van der Waals surface area contributed by atoms with Gasteiger partial charge >= 0.3 is 0 Å². The molecule has 1 heterocycles. The highest BCUT2D eigenvalue weighted by molar-refractivity contribution is 5.78. The molecule has 1 unspecified atom stereocenters. The maximum atomic E-state index is 11.6. The van der Waals surface area contributed by atoms with Crippen LogP contribution in [0, 0.1) is 5.92 Å². The number of hydrogen-bond donors (Lipinski definition) is 1. The van der Waals surface area contributed by atoms with Crippen LogP contribution in [0.15, 0.2) is 0 Å². The first-order valence-electron chi connectivity index (χ1n) is 10.4. The monoisotopic (exact) mass is 387 g/mol. The van der Waals surface area contributed by atoms with Gasteiger partial charge in [0.25, 0.3) is 0 Å². The molecule has 0 aromatic carbocycles. The van der Waals surface area contributed by atoms with Gasteiger partial charge in [0.05, 0.1) is 39.6 Å². The van der Waals surface area contributed by atoms with Gasteiger partial charge in [-0.25, -0.2) is 0 Å². The molecule has 1 N–H and O–H groups in total. The summed E-state index contributed by atoms with van der Waals surface area (Å²) < 4.78 is 16.6. The number of nitrogens with one attached hydrogen (secondary N) is 1. The molecule has 160 valence electrons. The molecule has 0 spiro atoms. The molecule has 1 rings (SSSR count). The number of likely N-dealkylation sites (tertiary alicyclic amines) is 1. The number of piperidine rings is 1. The molecule has 0 bridgehead atoms. The largest absolute Gasteiger partial charge is 0.378 e. The van der Waals surface area contributed by atoms with Gasteiger partial charge in [-0.1, -0.05) is 13.8 Å². The van der Waals surface area contributed by atoms with E-state index in [2.05, 4.69) is 29.2 Å². The van der Waals surface area contributed by atoms with Crippen molar-refractivity contribution in [1.29, 1.82) is 0 Å². The Morgan fingerprint density at radius 2 is 1.59 bits per heavy atom. The van der Waals surface area contributed by atoms with Crippen LogP contribution in [0.1, 0.15) is 33.1 Å². The van der Waals surface area contributed by atoms with Crippen LogP contribution in [0.4, 0.5) is 0 Å². The molecule has 0 aliphatic carbocycles. The van der Waals surface area contributed by atoms with Gasteiger partial charge in [0, 0.05) is 25.0 Å². The topological polar surface area (TPSA) is 63.3 Å². The smallest absolute Gasteiger partial charge is 0.222 e. The third kappa shape index (κ3) is 11.7. The molecule has 0 aromatic rings. The first-order valence-corrected chi connectivity index (χ1v) is 10.4. The van der Waals surface area contributed by atoms with Crippen molar-refractivity contribution in [3.8, 4) is 0 Å². The highest BCUT2D eigenvalue weighted by atomic mass is 16.5. The lowest BCUT2D eigenvalue weighted by Gasteiger charge is -2.35. The average Bonchev–Trinajstić information content (AvgIpc) is 2.68. The number of amides is 1. The van der Waals surface area contributed by atoms with Crippen LogP contribution in [0.25, 0.3) is 0 Å². The Hall–Kier alpha value is -0.730. The Bertz CT molecular complexity index is 374. The fourth-order valence-electron chi connectivity index (χ4n) is 3.00. The molecule has 27 heavy (non-hydrogen) atoms. The van der Waals surface area contributed by atoms with Crippen LogP contribution in [-0.2, 0) is 19.0 Å². The van der Waals surface area contributed by atoms with Gasteiger partial charge in [0.2, 0.25) is 5.91 Å². The van der Waals surface area contributed by atoms with Gasteiger partial charge < -0.3 is 29.3 Å². The van der Waals surface area contributed by atoms with Crippen LogP contribution >= 0.6 is 0 Å². The van der Waals surface area contributed by atoms with Crippen molar-refractivity contribution in [3.63, 3.8) is 0 Å². The molecular weight excluding hydrogens is 346 g/mol. The van der Waals surface area contributed by atoms with E-state index in [1.807, 2.05) is 13.8 Å². The molecule has 1 fully saturated rings. The Morgan fingerprint density at radius 1 is 1.04 bits per heavy atom. The molecule has 1 aliphatic heterocycles. The van der Waals surface area contributed by atoms with Crippen molar-refractivity contribution in [1.82, 2.24) is 15.1 Å². The Labute approximate surface area is 165 Å². The van der Waals surface area contributed by atoms with E-state index in [0.717, 1.165) is 38.7 Å². The summed E-state index contributed by atoms with van der Waals surface area (Å²) in [6, 6.07) is 0.731. The Kier molecular flexibility index (Phi) is 13.7. The van der Waals surface area contributed by atoms with Gasteiger partial charge in [0.1, 0.15) is 0 Å². The molecule has 7 heteroatoms. The minimum Gasteiger partial charge on any atom is -0.378 e. The summed E-state index contributed by atoms with van der Waals surface area (Å²) >= 11 is 0. The molecule has 1 aliphatic rings. The van der Waals surface area contributed by atoms with Gasteiger partial charge in [-0.05, 0) is 46.4 Å². The molecular formula is C20H41N3O4. The van der Waals surface area contributed by atoms with E-state index >= 15 is 0 Å². The van der Waals surface area contributed by atoms with Gasteiger partial charge in [-0.3, -0.25) is 4.79 Å². The van der Waals surface area contributed by atoms with E-state index in [0.29, 0.717) is 39.6 Å². The molecule has 1 amide bonds. The fourth-order valence-corrected chi connectivity index (χ4v) is 3.00. The van der Waals surface area contributed by atoms with Crippen molar-refractivity contribution in [2.24, 2.45) is 5.92 Å². The quantitative estimate of drug-likeness (QED) is 0.427. The third-order valence-electron chi connectivity index (χ3n) is 5.19. The lowest BCUT2D eigenvalue weighted by atomic mass is 10.0. The Balaban J connectivity index is 1.80. The van der Waals surface area contributed by atoms with Crippen molar-refractivity contribution in [2.75, 3.05) is 79.9 Å². The molecule has 7 nitrogen and oxygen atoms in total. The van der Waals surface area contributed by atoms with Gasteiger partial charge in [-0.15, -0.1) is 0 Å². The summed E-state index contributed by atoms with van der Waals surface area (Å²) in [7, 11) is 4.33. The summed E-state index contributed by atoms with van der Waals surface area (Å²) in [6.07, 6.45) is 3.35. The van der Waals surface area contributed by atoms with Gasteiger partial charge in [-0.2, -0.15) is 0 Å². The number of nitrogens with zero attached hydrogens (tertiary/aromatic N) is 2. The first-order chi connectivity index (χ1) is 13.0. The van der Waals surface area contributed by atoms with Crippen LogP contribution in [-0.4, -0.2) is 102 Å². The van der Waals surface area contributed by atoms with Crippen LogP contribution in [0.5, 0.6) is 0 Å². The maximum absolute atomic E-state index is 11.6. The zero-order valence-corrected chi connectivity index (χ0v) is 17.9. The number of carbonyl (C=O) groups excluding carboxylic acids is 1. The number of carbonyl (C=O) groups is 1. The first kappa shape index (κ1) is 24.3. The van der Waals surface area contributed by atoms with Crippen LogP contribution in [0.2, 0.25) is 0 Å². The lowest BCUT2D eigenvalue weighted by Crippen LogP contribution is -2.43. The summed E-state index contributed by atoms with van der Waals surface area (Å²) in [5.41, 5.74) is 0. The zero-order valence-electron chi connectivity index (χ0n) is 17.9. The van der Waals surface area contributed by atoms with E-state index in [9.17, 15) is 4.79 Å². The predicted molar refractivity (Wildman–Crippen MR) is 108 cm³/mol. The van der Waals surface area contributed by atoms with Crippen LogP contribution < -0.4 is 5.32 Å². The van der Waals surface area contributed by atoms with E-state index in [4.69, 9.17) is 14.2 Å². The van der Waals surface area contributed by atoms with Gasteiger partial charge in [0.15, 0.2) is 0 Å². The minimum absolute atomic E-state index is 0.0678. The second kappa shape index (κ2) is 15.2. The standard InChI is InChI=1S/C20H41N3O4/c1-5-18(2)20(24)21-8-12-25-14-16-27-17-15-26-13-11-23-9-6-19(7-10-23)22(3)4/h18-19H,5-17H2,1-4H3,(H,21,24). The Morgan fingerprint density at radius 3 is 2.15 bits per heavy atom.